The second-order valence-electron chi connectivity index (χ2n) is 4.28. The largest absolute Gasteiger partial charge is 0.280 e. The number of rotatable bonds is 2. The predicted octanol–water partition coefficient (Wildman–Crippen LogP) is 3.62. The molecule has 2 aromatic rings. The van der Waals surface area contributed by atoms with Crippen LogP contribution in [0, 0.1) is 6.92 Å². The van der Waals surface area contributed by atoms with Gasteiger partial charge in [-0.3, -0.25) is 4.40 Å². The third-order valence-electron chi connectivity index (χ3n) is 3.00. The highest BCUT2D eigenvalue weighted by Crippen LogP contribution is 2.41. The molecule has 0 bridgehead atoms. The Balaban J connectivity index is 2.38. The fourth-order valence-corrected chi connectivity index (χ4v) is 2.43. The molecule has 1 aliphatic rings. The lowest BCUT2D eigenvalue weighted by atomic mass is 10.3. The average Bonchev–Trinajstić information content (AvgIpc) is 3.01. The van der Waals surface area contributed by atoms with Gasteiger partial charge < -0.3 is 0 Å². The van der Waals surface area contributed by atoms with Crippen molar-refractivity contribution in [3.8, 4) is 0 Å². The lowest BCUT2D eigenvalue weighted by Gasteiger charge is -2.07. The molecule has 1 saturated carbocycles. The topological polar surface area (TPSA) is 30.2 Å². The van der Waals surface area contributed by atoms with E-state index in [0.29, 0.717) is 27.6 Å². The van der Waals surface area contributed by atoms with Gasteiger partial charge in [-0.1, -0.05) is 0 Å². The maximum atomic E-state index is 13.1. The highest BCUT2D eigenvalue weighted by atomic mass is 79.9. The Labute approximate surface area is 105 Å². The maximum absolute atomic E-state index is 13.1. The fourth-order valence-electron chi connectivity index (χ4n) is 2.06. The van der Waals surface area contributed by atoms with Crippen LogP contribution < -0.4 is 0 Å². The Kier molecular flexibility index (Phi) is 2.43. The van der Waals surface area contributed by atoms with Gasteiger partial charge in [0, 0.05) is 12.1 Å². The van der Waals surface area contributed by atoms with Gasteiger partial charge in [0.25, 0.3) is 6.43 Å². The molecule has 0 spiro atoms. The number of alkyl halides is 2. The number of halogens is 3. The molecule has 3 nitrogen and oxygen atoms in total. The van der Waals surface area contributed by atoms with Crippen molar-refractivity contribution in [1.82, 2.24) is 14.4 Å². The van der Waals surface area contributed by atoms with Crippen LogP contribution in [0.1, 0.15) is 42.4 Å². The zero-order valence-corrected chi connectivity index (χ0v) is 10.7. The first-order chi connectivity index (χ1) is 8.09. The van der Waals surface area contributed by atoms with Gasteiger partial charge in [-0.2, -0.15) is 0 Å². The van der Waals surface area contributed by atoms with Crippen molar-refractivity contribution in [1.29, 1.82) is 0 Å². The van der Waals surface area contributed by atoms with E-state index in [-0.39, 0.29) is 5.69 Å². The lowest BCUT2D eigenvalue weighted by molar-refractivity contribution is 0.143. The number of aryl methyl sites for hydroxylation is 1. The molecule has 0 aromatic carbocycles. The van der Waals surface area contributed by atoms with Crippen molar-refractivity contribution in [2.75, 3.05) is 0 Å². The number of hydrogen-bond donors (Lipinski definition) is 0. The van der Waals surface area contributed by atoms with Crippen LogP contribution in [0.15, 0.2) is 10.7 Å². The highest BCUT2D eigenvalue weighted by Gasteiger charge is 2.31. The van der Waals surface area contributed by atoms with Crippen LogP contribution in [-0.4, -0.2) is 14.4 Å². The van der Waals surface area contributed by atoms with E-state index in [0.717, 1.165) is 12.8 Å². The first-order valence-corrected chi connectivity index (χ1v) is 6.20. The second kappa shape index (κ2) is 3.73. The maximum Gasteiger partial charge on any atom is 0.280 e. The first kappa shape index (κ1) is 11.1. The summed E-state index contributed by atoms with van der Waals surface area (Å²) in [6, 6.07) is 0. The third-order valence-corrected chi connectivity index (χ3v) is 3.56. The van der Waals surface area contributed by atoms with Crippen LogP contribution in [0.5, 0.6) is 0 Å². The Hall–Kier alpha value is -1.04. The fraction of sp³-hybridized carbons (Fsp3) is 0.455. The molecule has 0 saturated heterocycles. The van der Waals surface area contributed by atoms with Gasteiger partial charge in [-0.05, 0) is 35.7 Å². The molecule has 17 heavy (non-hydrogen) atoms. The average molecular weight is 302 g/mol. The van der Waals surface area contributed by atoms with E-state index in [1.807, 2.05) is 0 Å². The molecule has 0 N–H and O–H groups in total. The van der Waals surface area contributed by atoms with Gasteiger partial charge in [0.05, 0.1) is 10.2 Å². The lowest BCUT2D eigenvalue weighted by Crippen LogP contribution is -2.04. The molecule has 0 radical (unpaired) electrons. The summed E-state index contributed by atoms with van der Waals surface area (Å²) in [7, 11) is 0. The van der Waals surface area contributed by atoms with E-state index in [9.17, 15) is 8.78 Å². The molecule has 2 heterocycles. The van der Waals surface area contributed by atoms with E-state index < -0.39 is 6.43 Å². The molecular formula is C11H10BrF2N3. The monoisotopic (exact) mass is 301 g/mol. The summed E-state index contributed by atoms with van der Waals surface area (Å²) in [5.41, 5.74) is 0.876. The van der Waals surface area contributed by atoms with Crippen LogP contribution >= 0.6 is 15.9 Å². The third kappa shape index (κ3) is 1.66. The second-order valence-corrected chi connectivity index (χ2v) is 5.14. The zero-order valence-electron chi connectivity index (χ0n) is 9.12. The summed E-state index contributed by atoms with van der Waals surface area (Å²) in [6.07, 6.45) is 1.15. The molecule has 1 fully saturated rings. The summed E-state index contributed by atoms with van der Waals surface area (Å²) < 4.78 is 28.3. The minimum atomic E-state index is -2.53. The molecule has 0 atom stereocenters. The molecule has 90 valence electrons. The molecule has 0 aliphatic heterocycles. The van der Waals surface area contributed by atoms with Gasteiger partial charge in [0.1, 0.15) is 11.5 Å². The van der Waals surface area contributed by atoms with Gasteiger partial charge in [-0.25, -0.2) is 18.7 Å². The van der Waals surface area contributed by atoms with Crippen LogP contribution in [0.25, 0.3) is 5.65 Å². The molecule has 2 aromatic heterocycles. The van der Waals surface area contributed by atoms with Gasteiger partial charge >= 0.3 is 0 Å². The van der Waals surface area contributed by atoms with Crippen LogP contribution in [0.4, 0.5) is 8.78 Å². The molecular weight excluding hydrogens is 292 g/mol. The van der Waals surface area contributed by atoms with E-state index in [1.54, 1.807) is 13.1 Å². The predicted molar refractivity (Wildman–Crippen MR) is 62.4 cm³/mol. The van der Waals surface area contributed by atoms with Crippen molar-refractivity contribution in [3.05, 3.63) is 27.9 Å². The molecule has 0 unspecified atom stereocenters. The normalized spacial score (nSPS) is 16.1. The van der Waals surface area contributed by atoms with E-state index >= 15 is 0 Å². The van der Waals surface area contributed by atoms with Gasteiger partial charge in [0.2, 0.25) is 0 Å². The van der Waals surface area contributed by atoms with Crippen LogP contribution in [0.3, 0.4) is 0 Å². The molecule has 0 amide bonds. The molecule has 6 heteroatoms. The van der Waals surface area contributed by atoms with Gasteiger partial charge in [0.15, 0.2) is 5.65 Å². The van der Waals surface area contributed by atoms with Crippen LogP contribution in [-0.2, 0) is 0 Å². The Morgan fingerprint density at radius 1 is 1.47 bits per heavy atom. The van der Waals surface area contributed by atoms with E-state index in [2.05, 4.69) is 25.9 Å². The quantitative estimate of drug-likeness (QED) is 0.848. The summed E-state index contributed by atoms with van der Waals surface area (Å²) in [6.45, 7) is 1.61. The zero-order chi connectivity index (χ0) is 12.2. The number of nitrogens with zero attached hydrogens (tertiary/aromatic N) is 3. The van der Waals surface area contributed by atoms with E-state index in [1.165, 1.54) is 4.40 Å². The smallest absolute Gasteiger partial charge is 0.278 e. The number of imidazole rings is 1. The van der Waals surface area contributed by atoms with Crippen molar-refractivity contribution < 1.29 is 8.78 Å². The summed E-state index contributed by atoms with van der Waals surface area (Å²) in [5.74, 6) is 1.01. The SMILES string of the molecule is Cc1nc2c(Br)cnc(C3CC3)n2c1C(F)F. The minimum absolute atomic E-state index is 0.0318. The van der Waals surface area contributed by atoms with Crippen molar-refractivity contribution >= 4 is 21.6 Å². The van der Waals surface area contributed by atoms with Crippen LogP contribution in [0.2, 0.25) is 0 Å². The minimum Gasteiger partial charge on any atom is -0.278 e. The highest BCUT2D eigenvalue weighted by molar-refractivity contribution is 9.10. The Bertz CT molecular complexity index is 590. The molecule has 1 aliphatic carbocycles. The van der Waals surface area contributed by atoms with Gasteiger partial charge in [-0.15, -0.1) is 0 Å². The van der Waals surface area contributed by atoms with E-state index in [4.69, 9.17) is 0 Å². The van der Waals surface area contributed by atoms with Crippen molar-refractivity contribution in [2.24, 2.45) is 0 Å². The number of aromatic nitrogens is 3. The van der Waals surface area contributed by atoms with Crippen molar-refractivity contribution in [2.45, 2.75) is 32.1 Å². The standard InChI is InChI=1S/C11H10BrF2N3/c1-5-8(9(13)14)17-10(6-2-3-6)15-4-7(12)11(17)16-5/h4,6,9H,2-3H2,1H3. The van der Waals surface area contributed by atoms with Crippen molar-refractivity contribution in [3.63, 3.8) is 0 Å². The first-order valence-electron chi connectivity index (χ1n) is 5.41. The number of fused-ring (bicyclic) bond motifs is 1. The summed E-state index contributed by atoms with van der Waals surface area (Å²) in [4.78, 5) is 8.47. The number of hydrogen-bond acceptors (Lipinski definition) is 2. The summed E-state index contributed by atoms with van der Waals surface area (Å²) >= 11 is 3.31. The summed E-state index contributed by atoms with van der Waals surface area (Å²) in [5, 5.41) is 0. The Morgan fingerprint density at radius 3 is 2.76 bits per heavy atom. The molecule has 3 rings (SSSR count). The Morgan fingerprint density at radius 2 is 2.18 bits per heavy atom.